The van der Waals surface area contributed by atoms with Crippen molar-refractivity contribution < 1.29 is 4.39 Å². The number of benzene rings is 2. The fourth-order valence-corrected chi connectivity index (χ4v) is 6.94. The van der Waals surface area contributed by atoms with Gasteiger partial charge in [-0.15, -0.1) is 6.58 Å². The van der Waals surface area contributed by atoms with Crippen LogP contribution in [-0.4, -0.2) is 0 Å². The average Bonchev–Trinajstić information content (AvgIpc) is 2.88. The van der Waals surface area contributed by atoms with E-state index in [-0.39, 0.29) is 5.82 Å². The first-order valence-electron chi connectivity index (χ1n) is 14.5. The Labute approximate surface area is 208 Å². The van der Waals surface area contributed by atoms with Crippen molar-refractivity contribution in [2.45, 2.75) is 110 Å². The van der Waals surface area contributed by atoms with Gasteiger partial charge in [-0.25, -0.2) is 4.39 Å². The molecule has 0 bridgehead atoms. The van der Waals surface area contributed by atoms with E-state index in [0.29, 0.717) is 0 Å². The minimum Gasteiger partial charge on any atom is -0.206 e. The lowest BCUT2D eigenvalue weighted by molar-refractivity contribution is 0.140. The SMILES string of the molecule is C=CCCc1ccc2c(F)c(CCC3CCC(C4CCC(CCCCC)CC4)CC3)ccc2c1. The number of rotatable bonds is 11. The Morgan fingerprint density at radius 2 is 1.50 bits per heavy atom. The molecule has 0 aromatic heterocycles. The minimum atomic E-state index is 0.0113. The third-order valence-corrected chi connectivity index (χ3v) is 9.22. The summed E-state index contributed by atoms with van der Waals surface area (Å²) in [7, 11) is 0. The molecule has 0 nitrogen and oxygen atoms in total. The molecule has 2 aromatic rings. The third kappa shape index (κ3) is 6.73. The molecule has 34 heavy (non-hydrogen) atoms. The molecule has 2 aliphatic carbocycles. The van der Waals surface area contributed by atoms with Gasteiger partial charge >= 0.3 is 0 Å². The highest BCUT2D eigenvalue weighted by atomic mass is 19.1. The average molecular weight is 463 g/mol. The van der Waals surface area contributed by atoms with Gasteiger partial charge in [0, 0.05) is 5.39 Å². The van der Waals surface area contributed by atoms with Crippen molar-refractivity contribution in [1.29, 1.82) is 0 Å². The highest BCUT2D eigenvalue weighted by Crippen LogP contribution is 2.43. The van der Waals surface area contributed by atoms with Gasteiger partial charge in [0.1, 0.15) is 5.82 Å². The van der Waals surface area contributed by atoms with Crippen LogP contribution in [0.1, 0.15) is 108 Å². The third-order valence-electron chi connectivity index (χ3n) is 9.22. The van der Waals surface area contributed by atoms with E-state index in [1.165, 1.54) is 82.6 Å². The summed E-state index contributed by atoms with van der Waals surface area (Å²) >= 11 is 0. The first-order chi connectivity index (χ1) is 16.7. The minimum absolute atomic E-state index is 0.0113. The number of hydrogen-bond acceptors (Lipinski definition) is 0. The molecular weight excluding hydrogens is 415 g/mol. The molecule has 0 unspecified atom stereocenters. The molecular formula is C33H47F. The second kappa shape index (κ2) is 12.9. The van der Waals surface area contributed by atoms with E-state index >= 15 is 4.39 Å². The molecule has 0 radical (unpaired) electrons. The quantitative estimate of drug-likeness (QED) is 0.230. The number of fused-ring (bicyclic) bond motifs is 1. The van der Waals surface area contributed by atoms with Crippen LogP contribution in [0.25, 0.3) is 10.8 Å². The summed E-state index contributed by atoms with van der Waals surface area (Å²) in [6.07, 6.45) is 23.2. The van der Waals surface area contributed by atoms with Crippen LogP contribution in [0, 0.1) is 29.5 Å². The molecule has 0 heterocycles. The van der Waals surface area contributed by atoms with Crippen molar-refractivity contribution in [3.05, 3.63) is 59.9 Å². The Kier molecular flexibility index (Phi) is 9.66. The van der Waals surface area contributed by atoms with E-state index in [1.807, 2.05) is 18.2 Å². The molecule has 0 amide bonds. The summed E-state index contributed by atoms with van der Waals surface area (Å²) in [5.41, 5.74) is 2.18. The van der Waals surface area contributed by atoms with E-state index in [1.54, 1.807) is 0 Å². The summed E-state index contributed by atoms with van der Waals surface area (Å²) in [5, 5.41) is 1.82. The summed E-state index contributed by atoms with van der Waals surface area (Å²) < 4.78 is 15.2. The van der Waals surface area contributed by atoms with Crippen LogP contribution in [0.3, 0.4) is 0 Å². The fourth-order valence-electron chi connectivity index (χ4n) is 6.94. The van der Waals surface area contributed by atoms with Gasteiger partial charge < -0.3 is 0 Å². The predicted octanol–water partition coefficient (Wildman–Crippen LogP) is 10.2. The number of halogens is 1. The maximum absolute atomic E-state index is 15.2. The maximum atomic E-state index is 15.2. The lowest BCUT2D eigenvalue weighted by Gasteiger charge is -2.38. The maximum Gasteiger partial charge on any atom is 0.134 e. The standard InChI is InChI=1S/C33H47F/c1-3-5-7-9-25-10-16-28(17-11-25)29-18-12-26(13-19-29)14-20-30-21-22-31-24-27(8-6-4-2)15-23-32(31)33(30)34/h4,15,21-26,28-29H,2-3,5-14,16-20H2,1H3. The first-order valence-corrected chi connectivity index (χ1v) is 14.5. The van der Waals surface area contributed by atoms with Gasteiger partial charge in [0.05, 0.1) is 0 Å². The number of aryl methyl sites for hydroxylation is 2. The predicted molar refractivity (Wildman–Crippen MR) is 146 cm³/mol. The van der Waals surface area contributed by atoms with Crippen LogP contribution < -0.4 is 0 Å². The van der Waals surface area contributed by atoms with Gasteiger partial charge in [-0.3, -0.25) is 0 Å². The van der Waals surface area contributed by atoms with E-state index in [4.69, 9.17) is 0 Å². The Balaban J connectivity index is 1.22. The monoisotopic (exact) mass is 462 g/mol. The van der Waals surface area contributed by atoms with Gasteiger partial charge in [0.15, 0.2) is 0 Å². The van der Waals surface area contributed by atoms with Crippen LogP contribution in [-0.2, 0) is 12.8 Å². The van der Waals surface area contributed by atoms with Gasteiger partial charge in [-0.1, -0.05) is 94.7 Å². The zero-order chi connectivity index (χ0) is 23.8. The van der Waals surface area contributed by atoms with E-state index < -0.39 is 0 Å². The molecule has 2 aromatic carbocycles. The highest BCUT2D eigenvalue weighted by molar-refractivity contribution is 5.84. The fraction of sp³-hybridized carbons (Fsp3) is 0.636. The molecule has 2 saturated carbocycles. The molecule has 2 fully saturated rings. The van der Waals surface area contributed by atoms with Crippen LogP contribution in [0.4, 0.5) is 4.39 Å². The Morgan fingerprint density at radius 1 is 0.824 bits per heavy atom. The van der Waals surface area contributed by atoms with Crippen molar-refractivity contribution in [2.24, 2.45) is 23.7 Å². The molecule has 1 heteroatoms. The number of hydrogen-bond donors (Lipinski definition) is 0. The second-order valence-corrected chi connectivity index (χ2v) is 11.5. The van der Waals surface area contributed by atoms with Gasteiger partial charge in [-0.05, 0) is 91.6 Å². The van der Waals surface area contributed by atoms with Crippen LogP contribution >= 0.6 is 0 Å². The molecule has 4 rings (SSSR count). The number of allylic oxidation sites excluding steroid dienone is 1. The van der Waals surface area contributed by atoms with Crippen LogP contribution in [0.5, 0.6) is 0 Å². The molecule has 0 atom stereocenters. The molecule has 0 spiro atoms. The topological polar surface area (TPSA) is 0 Å². The molecule has 0 aliphatic heterocycles. The van der Waals surface area contributed by atoms with Gasteiger partial charge in [-0.2, -0.15) is 0 Å². The van der Waals surface area contributed by atoms with E-state index in [2.05, 4.69) is 31.7 Å². The van der Waals surface area contributed by atoms with Crippen molar-refractivity contribution in [3.8, 4) is 0 Å². The zero-order valence-corrected chi connectivity index (χ0v) is 21.7. The summed E-state index contributed by atoms with van der Waals surface area (Å²) in [4.78, 5) is 0. The number of unbranched alkanes of at least 4 members (excludes halogenated alkanes) is 2. The van der Waals surface area contributed by atoms with Crippen LogP contribution in [0.15, 0.2) is 43.0 Å². The second-order valence-electron chi connectivity index (χ2n) is 11.5. The largest absolute Gasteiger partial charge is 0.206 e. The smallest absolute Gasteiger partial charge is 0.134 e. The van der Waals surface area contributed by atoms with Crippen molar-refractivity contribution in [3.63, 3.8) is 0 Å². The molecule has 0 saturated heterocycles. The lowest BCUT2D eigenvalue weighted by Crippen LogP contribution is -2.26. The van der Waals surface area contributed by atoms with Gasteiger partial charge in [0.25, 0.3) is 0 Å². The van der Waals surface area contributed by atoms with Gasteiger partial charge in [0.2, 0.25) is 0 Å². The molecule has 2 aliphatic rings. The van der Waals surface area contributed by atoms with Crippen molar-refractivity contribution in [1.82, 2.24) is 0 Å². The Hall–Kier alpha value is -1.63. The van der Waals surface area contributed by atoms with Crippen molar-refractivity contribution in [2.75, 3.05) is 0 Å². The zero-order valence-electron chi connectivity index (χ0n) is 21.7. The first kappa shape index (κ1) is 25.5. The molecule has 0 N–H and O–H groups in total. The Bertz CT molecular complexity index is 896. The summed E-state index contributed by atoms with van der Waals surface area (Å²) in [6.45, 7) is 6.12. The normalized spacial score (nSPS) is 25.5. The van der Waals surface area contributed by atoms with Crippen molar-refractivity contribution >= 4 is 10.8 Å². The van der Waals surface area contributed by atoms with E-state index in [0.717, 1.165) is 65.7 Å². The lowest BCUT2D eigenvalue weighted by atomic mass is 9.68. The molecule has 186 valence electrons. The van der Waals surface area contributed by atoms with E-state index in [9.17, 15) is 0 Å². The summed E-state index contributed by atoms with van der Waals surface area (Å²) in [6, 6.07) is 10.4. The highest BCUT2D eigenvalue weighted by Gasteiger charge is 2.30. The summed E-state index contributed by atoms with van der Waals surface area (Å²) in [5.74, 6) is 3.79. The van der Waals surface area contributed by atoms with Crippen LogP contribution in [0.2, 0.25) is 0 Å². The Morgan fingerprint density at radius 3 is 2.15 bits per heavy atom.